The van der Waals surface area contributed by atoms with E-state index >= 15 is 0 Å². The zero-order chi connectivity index (χ0) is 24.1. The fourth-order valence-electron chi connectivity index (χ4n) is 4.15. The number of carbonyl (C=O) groups is 2. The standard InChI is InChI=1S/C26H26ClNO6/c1-2-8-21(28-26(31)32-15-16-9-4-3-5-10-16)25(30)34-23-14-22-19(13-20(23)27)17-11-6-7-12-18(17)24(29)33-22/h3-5,9-10,13-14,21H,2,6-8,11-12,15H2,1H3,(H,28,31)/t21-/m0/s1. The summed E-state index contributed by atoms with van der Waals surface area (Å²) in [5.74, 6) is -0.612. The Balaban J connectivity index is 1.48. The highest BCUT2D eigenvalue weighted by Gasteiger charge is 2.25. The average Bonchev–Trinajstić information content (AvgIpc) is 2.84. The maximum absolute atomic E-state index is 12.9. The lowest BCUT2D eigenvalue weighted by atomic mass is 9.90. The molecule has 1 aliphatic carbocycles. The van der Waals surface area contributed by atoms with Crippen LogP contribution in [0.5, 0.6) is 5.75 Å². The second-order valence-electron chi connectivity index (χ2n) is 8.30. The first-order valence-corrected chi connectivity index (χ1v) is 11.8. The van der Waals surface area contributed by atoms with Crippen LogP contribution in [0.25, 0.3) is 11.0 Å². The van der Waals surface area contributed by atoms with Crippen LogP contribution in [0, 0.1) is 0 Å². The molecule has 34 heavy (non-hydrogen) atoms. The van der Waals surface area contributed by atoms with E-state index in [0.717, 1.165) is 35.8 Å². The number of halogens is 1. The minimum Gasteiger partial charge on any atom is -0.445 e. The first-order chi connectivity index (χ1) is 16.5. The SMILES string of the molecule is CCC[C@H](NC(=O)OCc1ccccc1)C(=O)Oc1cc2oc(=O)c3c(c2cc1Cl)CCCC3. The van der Waals surface area contributed by atoms with Crippen molar-refractivity contribution in [3.05, 3.63) is 74.6 Å². The van der Waals surface area contributed by atoms with Crippen LogP contribution in [0.1, 0.15) is 49.3 Å². The molecule has 0 fully saturated rings. The van der Waals surface area contributed by atoms with Gasteiger partial charge in [-0.25, -0.2) is 14.4 Å². The highest BCUT2D eigenvalue weighted by molar-refractivity contribution is 6.33. The molecule has 1 heterocycles. The van der Waals surface area contributed by atoms with Crippen LogP contribution < -0.4 is 15.7 Å². The first-order valence-electron chi connectivity index (χ1n) is 11.4. The Bertz CT molecular complexity index is 1250. The number of amides is 1. The zero-order valence-electron chi connectivity index (χ0n) is 18.9. The number of esters is 1. The largest absolute Gasteiger partial charge is 0.445 e. The van der Waals surface area contributed by atoms with Crippen molar-refractivity contribution in [1.82, 2.24) is 5.32 Å². The molecule has 1 aromatic heterocycles. The summed E-state index contributed by atoms with van der Waals surface area (Å²) < 4.78 is 16.2. The smallest absolute Gasteiger partial charge is 0.408 e. The molecule has 1 amide bonds. The van der Waals surface area contributed by atoms with Crippen molar-refractivity contribution >= 4 is 34.6 Å². The highest BCUT2D eigenvalue weighted by Crippen LogP contribution is 2.34. The number of ether oxygens (including phenoxy) is 2. The lowest BCUT2D eigenvalue weighted by Gasteiger charge is -2.19. The minimum absolute atomic E-state index is 0.0682. The fourth-order valence-corrected chi connectivity index (χ4v) is 4.35. The summed E-state index contributed by atoms with van der Waals surface area (Å²) in [4.78, 5) is 37.5. The van der Waals surface area contributed by atoms with Gasteiger partial charge in [0.1, 0.15) is 18.2 Å². The molecule has 0 aliphatic heterocycles. The zero-order valence-corrected chi connectivity index (χ0v) is 19.7. The highest BCUT2D eigenvalue weighted by atomic mass is 35.5. The maximum Gasteiger partial charge on any atom is 0.408 e. The molecular weight excluding hydrogens is 458 g/mol. The molecule has 1 aliphatic rings. The summed E-state index contributed by atoms with van der Waals surface area (Å²) in [5, 5.41) is 3.55. The van der Waals surface area contributed by atoms with Crippen molar-refractivity contribution < 1.29 is 23.5 Å². The Morgan fingerprint density at radius 3 is 2.59 bits per heavy atom. The monoisotopic (exact) mass is 483 g/mol. The number of rotatable bonds is 7. The van der Waals surface area contributed by atoms with Gasteiger partial charge in [-0.1, -0.05) is 55.3 Å². The van der Waals surface area contributed by atoms with Gasteiger partial charge in [0.15, 0.2) is 5.75 Å². The molecule has 0 saturated carbocycles. The molecule has 0 spiro atoms. The topological polar surface area (TPSA) is 94.8 Å². The molecule has 0 unspecified atom stereocenters. The quantitative estimate of drug-likeness (QED) is 0.277. The molecule has 1 N–H and O–H groups in total. The first kappa shape index (κ1) is 23.8. The summed E-state index contributed by atoms with van der Waals surface area (Å²) >= 11 is 6.43. The maximum atomic E-state index is 12.9. The van der Waals surface area contributed by atoms with E-state index in [9.17, 15) is 14.4 Å². The summed E-state index contributed by atoms with van der Waals surface area (Å²) in [6.07, 6.45) is 3.67. The lowest BCUT2D eigenvalue weighted by Crippen LogP contribution is -2.43. The van der Waals surface area contributed by atoms with Crippen LogP contribution in [-0.2, 0) is 29.0 Å². The van der Waals surface area contributed by atoms with Crippen LogP contribution in [0.4, 0.5) is 4.79 Å². The molecule has 4 rings (SSSR count). The van der Waals surface area contributed by atoms with Gasteiger partial charge in [-0.2, -0.15) is 0 Å². The predicted molar refractivity (Wildman–Crippen MR) is 128 cm³/mol. The van der Waals surface area contributed by atoms with Gasteiger partial charge in [0.2, 0.25) is 0 Å². The van der Waals surface area contributed by atoms with Crippen molar-refractivity contribution in [2.24, 2.45) is 0 Å². The van der Waals surface area contributed by atoms with E-state index in [4.69, 9.17) is 25.5 Å². The van der Waals surface area contributed by atoms with Crippen LogP contribution in [-0.4, -0.2) is 18.1 Å². The van der Waals surface area contributed by atoms with Crippen LogP contribution in [0.3, 0.4) is 0 Å². The van der Waals surface area contributed by atoms with E-state index in [2.05, 4.69) is 5.32 Å². The van der Waals surface area contributed by atoms with E-state index in [1.807, 2.05) is 37.3 Å². The number of nitrogens with one attached hydrogen (secondary N) is 1. The van der Waals surface area contributed by atoms with E-state index in [1.54, 1.807) is 6.07 Å². The van der Waals surface area contributed by atoms with Gasteiger partial charge in [-0.3, -0.25) is 0 Å². The third kappa shape index (κ3) is 5.42. The number of hydrogen-bond acceptors (Lipinski definition) is 6. The Kier molecular flexibility index (Phi) is 7.53. The third-order valence-corrected chi connectivity index (χ3v) is 6.15. The third-order valence-electron chi connectivity index (χ3n) is 5.85. The van der Waals surface area contributed by atoms with Gasteiger partial charge in [-0.05, 0) is 49.3 Å². The molecule has 1 atom stereocenters. The second kappa shape index (κ2) is 10.7. The van der Waals surface area contributed by atoms with E-state index in [0.29, 0.717) is 30.4 Å². The predicted octanol–water partition coefficient (Wildman–Crippen LogP) is 5.33. The van der Waals surface area contributed by atoms with E-state index < -0.39 is 18.1 Å². The van der Waals surface area contributed by atoms with E-state index in [-0.39, 0.29) is 23.0 Å². The van der Waals surface area contributed by atoms with Crippen molar-refractivity contribution in [3.8, 4) is 5.75 Å². The lowest BCUT2D eigenvalue weighted by molar-refractivity contribution is -0.136. The molecular formula is C26H26ClNO6. The molecule has 8 heteroatoms. The number of hydrogen-bond donors (Lipinski definition) is 1. The van der Waals surface area contributed by atoms with Gasteiger partial charge in [0, 0.05) is 17.0 Å². The summed E-state index contributed by atoms with van der Waals surface area (Å²) in [6, 6.07) is 11.4. The second-order valence-corrected chi connectivity index (χ2v) is 8.71. The Morgan fingerprint density at radius 2 is 1.85 bits per heavy atom. The molecule has 0 saturated heterocycles. The normalized spacial score (nSPS) is 13.7. The number of alkyl carbamates (subject to hydrolysis) is 1. The molecule has 0 bridgehead atoms. The van der Waals surface area contributed by atoms with Crippen molar-refractivity contribution in [2.75, 3.05) is 0 Å². The van der Waals surface area contributed by atoms with Crippen LogP contribution in [0.15, 0.2) is 51.7 Å². The molecule has 2 aromatic carbocycles. The fraction of sp³-hybridized carbons (Fsp3) is 0.346. The number of carbonyl (C=O) groups excluding carboxylic acids is 2. The average molecular weight is 484 g/mol. The Hall–Kier alpha value is -3.32. The Morgan fingerprint density at radius 1 is 1.12 bits per heavy atom. The summed E-state index contributed by atoms with van der Waals surface area (Å²) in [7, 11) is 0. The van der Waals surface area contributed by atoms with Crippen LogP contribution in [0.2, 0.25) is 5.02 Å². The van der Waals surface area contributed by atoms with E-state index in [1.165, 1.54) is 6.07 Å². The number of fused-ring (bicyclic) bond motifs is 3. The van der Waals surface area contributed by atoms with Gasteiger partial charge in [0.05, 0.1) is 5.02 Å². The van der Waals surface area contributed by atoms with Gasteiger partial charge >= 0.3 is 17.7 Å². The van der Waals surface area contributed by atoms with Gasteiger partial charge in [-0.15, -0.1) is 0 Å². The molecule has 7 nitrogen and oxygen atoms in total. The minimum atomic E-state index is -0.921. The van der Waals surface area contributed by atoms with Crippen LogP contribution >= 0.6 is 11.6 Å². The van der Waals surface area contributed by atoms with Gasteiger partial charge < -0.3 is 19.2 Å². The van der Waals surface area contributed by atoms with Crippen molar-refractivity contribution in [2.45, 2.75) is 58.1 Å². The summed E-state index contributed by atoms with van der Waals surface area (Å²) in [5.41, 5.74) is 2.43. The van der Waals surface area contributed by atoms with Gasteiger partial charge in [0.25, 0.3) is 0 Å². The molecule has 178 valence electrons. The number of aryl methyl sites for hydroxylation is 1. The number of benzene rings is 2. The summed E-state index contributed by atoms with van der Waals surface area (Å²) in [6.45, 7) is 1.97. The Labute approximate surface area is 202 Å². The van der Waals surface area contributed by atoms with Crippen molar-refractivity contribution in [3.63, 3.8) is 0 Å². The molecule has 3 aromatic rings. The van der Waals surface area contributed by atoms with Crippen molar-refractivity contribution in [1.29, 1.82) is 0 Å². The molecule has 0 radical (unpaired) electrons.